The van der Waals surface area contributed by atoms with E-state index >= 15 is 0 Å². The summed E-state index contributed by atoms with van der Waals surface area (Å²) in [7, 11) is 0. The smallest absolute Gasteiger partial charge is 0.250 e. The number of anilines is 3. The fourth-order valence-electron chi connectivity index (χ4n) is 6.93. The van der Waals surface area contributed by atoms with Crippen molar-refractivity contribution < 1.29 is 19.2 Å². The van der Waals surface area contributed by atoms with Gasteiger partial charge in [0, 0.05) is 47.0 Å². The molecule has 0 radical (unpaired) electrons. The molecule has 0 saturated carbocycles. The Kier molecular flexibility index (Phi) is 5.62. The summed E-state index contributed by atoms with van der Waals surface area (Å²) in [6.07, 6.45) is 3.16. The van der Waals surface area contributed by atoms with E-state index in [4.69, 9.17) is 0 Å². The molecule has 2 saturated heterocycles. The highest BCUT2D eigenvalue weighted by Crippen LogP contribution is 2.54. The minimum Gasteiger partial charge on any atom is -0.361 e. The van der Waals surface area contributed by atoms with E-state index in [1.165, 1.54) is 11.8 Å². The van der Waals surface area contributed by atoms with Crippen LogP contribution in [0.15, 0.2) is 72.9 Å². The number of imide groups is 1. The van der Waals surface area contributed by atoms with Crippen LogP contribution in [0.4, 0.5) is 17.1 Å². The van der Waals surface area contributed by atoms with Gasteiger partial charge in [-0.2, -0.15) is 0 Å². The summed E-state index contributed by atoms with van der Waals surface area (Å²) >= 11 is 0. The van der Waals surface area contributed by atoms with Crippen molar-refractivity contribution in [1.29, 1.82) is 0 Å². The van der Waals surface area contributed by atoms with E-state index in [-0.39, 0.29) is 17.7 Å². The Labute approximate surface area is 236 Å². The van der Waals surface area contributed by atoms with Gasteiger partial charge in [0.25, 0.3) is 0 Å². The molecule has 0 aliphatic carbocycles. The zero-order valence-corrected chi connectivity index (χ0v) is 22.7. The Morgan fingerprint density at radius 3 is 2.54 bits per heavy atom. The number of fused-ring (bicyclic) bond motifs is 5. The van der Waals surface area contributed by atoms with Crippen LogP contribution in [0.5, 0.6) is 0 Å². The van der Waals surface area contributed by atoms with Gasteiger partial charge in [0.1, 0.15) is 5.54 Å². The average molecular weight is 548 g/mol. The minimum atomic E-state index is -1.38. The molecule has 0 bridgehead atoms. The van der Waals surface area contributed by atoms with Crippen molar-refractivity contribution in [2.75, 3.05) is 15.5 Å². The van der Waals surface area contributed by atoms with Gasteiger partial charge >= 0.3 is 0 Å². The Hall–Kier alpha value is -4.76. The molecule has 41 heavy (non-hydrogen) atoms. The highest BCUT2D eigenvalue weighted by Gasteiger charge is 2.70. The maximum atomic E-state index is 14.3. The molecule has 4 N–H and O–H groups in total. The first-order valence-electron chi connectivity index (χ1n) is 13.8. The van der Waals surface area contributed by atoms with Gasteiger partial charge < -0.3 is 15.6 Å². The number of benzene rings is 3. The molecule has 3 aliphatic rings. The maximum Gasteiger partial charge on any atom is 0.250 e. The zero-order chi connectivity index (χ0) is 28.5. The number of hydrogen-bond donors (Lipinski definition) is 4. The van der Waals surface area contributed by atoms with Gasteiger partial charge in [0.05, 0.1) is 17.5 Å². The average Bonchev–Trinajstić information content (AvgIpc) is 3.67. The molecule has 0 unspecified atom stereocenters. The molecular weight excluding hydrogens is 518 g/mol. The van der Waals surface area contributed by atoms with Gasteiger partial charge in [-0.3, -0.25) is 24.5 Å². The summed E-state index contributed by atoms with van der Waals surface area (Å²) in [5, 5.41) is 10.3. The van der Waals surface area contributed by atoms with E-state index < -0.39 is 29.3 Å². The fourth-order valence-corrected chi connectivity index (χ4v) is 6.93. The van der Waals surface area contributed by atoms with Gasteiger partial charge in [-0.05, 0) is 60.4 Å². The number of carbonyl (C=O) groups is 4. The number of nitrogens with zero attached hydrogens (tertiary/aromatic N) is 1. The molecular formula is C32H29N5O4. The number of para-hydroxylation sites is 1. The molecule has 1 aromatic heterocycles. The minimum absolute atomic E-state index is 0.217. The molecule has 3 aromatic carbocycles. The van der Waals surface area contributed by atoms with Crippen molar-refractivity contribution in [2.24, 2.45) is 11.8 Å². The molecule has 9 heteroatoms. The molecule has 2 fully saturated rings. The van der Waals surface area contributed by atoms with Crippen LogP contribution in [-0.4, -0.2) is 34.7 Å². The summed E-state index contributed by atoms with van der Waals surface area (Å²) in [5.41, 5.74) is 4.00. The van der Waals surface area contributed by atoms with Crippen molar-refractivity contribution in [3.63, 3.8) is 0 Å². The monoisotopic (exact) mass is 547 g/mol. The molecule has 7 rings (SSSR count). The van der Waals surface area contributed by atoms with Crippen LogP contribution in [0.25, 0.3) is 10.9 Å². The molecule has 1 spiro atoms. The first kappa shape index (κ1) is 25.2. The van der Waals surface area contributed by atoms with E-state index in [1.54, 1.807) is 24.3 Å². The standard InChI is InChI=1S/C32H29N5O4/c1-3-18-8-13-25-23(14-18)32(31(41)35-25)28-27(26(36-32)15-19-16-33-24-7-5-4-6-22(19)24)29(39)37(30(28)40)21-11-9-20(10-12-21)34-17(2)38/h4-14,16,26-28,33,36H,3,15H2,1-2H3,(H,34,38)(H,35,41)/t26-,27+,28+,32-/m1/s1. The first-order chi connectivity index (χ1) is 19.8. The first-order valence-corrected chi connectivity index (χ1v) is 13.8. The van der Waals surface area contributed by atoms with E-state index in [9.17, 15) is 19.2 Å². The quantitative estimate of drug-likeness (QED) is 0.283. The van der Waals surface area contributed by atoms with Crippen molar-refractivity contribution in [3.05, 3.63) is 89.6 Å². The normalized spacial score (nSPS) is 24.7. The van der Waals surface area contributed by atoms with Crippen molar-refractivity contribution >= 4 is 51.6 Å². The van der Waals surface area contributed by atoms with Crippen molar-refractivity contribution in [3.8, 4) is 0 Å². The molecule has 9 nitrogen and oxygen atoms in total. The van der Waals surface area contributed by atoms with Crippen LogP contribution >= 0.6 is 0 Å². The van der Waals surface area contributed by atoms with Crippen LogP contribution < -0.4 is 20.9 Å². The lowest BCUT2D eigenvalue weighted by Crippen LogP contribution is -2.53. The van der Waals surface area contributed by atoms with Gasteiger partial charge in [-0.1, -0.05) is 37.3 Å². The molecule has 4 aromatic rings. The predicted octanol–water partition coefficient (Wildman–Crippen LogP) is 3.86. The fraction of sp³-hybridized carbons (Fsp3) is 0.250. The second-order valence-electron chi connectivity index (χ2n) is 11.1. The number of carbonyl (C=O) groups excluding carboxylic acids is 4. The second kappa shape index (κ2) is 9.14. The summed E-state index contributed by atoms with van der Waals surface area (Å²) in [6, 6.07) is 19.9. The second-order valence-corrected chi connectivity index (χ2v) is 11.1. The van der Waals surface area contributed by atoms with Crippen LogP contribution in [-0.2, 0) is 37.6 Å². The highest BCUT2D eigenvalue weighted by molar-refractivity contribution is 6.26. The van der Waals surface area contributed by atoms with E-state index in [1.807, 2.05) is 55.6 Å². The van der Waals surface area contributed by atoms with Crippen LogP contribution in [0.3, 0.4) is 0 Å². The molecule has 4 amide bonds. The molecule has 206 valence electrons. The molecule has 4 atom stereocenters. The van der Waals surface area contributed by atoms with Crippen molar-refractivity contribution in [2.45, 2.75) is 38.3 Å². The lowest BCUT2D eigenvalue weighted by molar-refractivity contribution is -0.130. The molecule has 4 heterocycles. The lowest BCUT2D eigenvalue weighted by Gasteiger charge is -2.30. The number of rotatable bonds is 5. The van der Waals surface area contributed by atoms with Gasteiger partial charge in [0.15, 0.2) is 0 Å². The summed E-state index contributed by atoms with van der Waals surface area (Å²) in [5.74, 6) is -2.96. The van der Waals surface area contributed by atoms with Crippen molar-refractivity contribution in [1.82, 2.24) is 10.3 Å². The van der Waals surface area contributed by atoms with Crippen LogP contribution in [0, 0.1) is 11.8 Å². The van der Waals surface area contributed by atoms with Crippen LogP contribution in [0.1, 0.15) is 30.5 Å². The predicted molar refractivity (Wildman–Crippen MR) is 155 cm³/mol. The number of aromatic nitrogens is 1. The Bertz CT molecular complexity index is 1760. The maximum absolute atomic E-state index is 14.3. The number of aryl methyl sites for hydroxylation is 1. The van der Waals surface area contributed by atoms with Crippen LogP contribution in [0.2, 0.25) is 0 Å². The Balaban J connectivity index is 1.34. The number of nitrogens with one attached hydrogen (secondary N) is 4. The largest absolute Gasteiger partial charge is 0.361 e. The number of hydrogen-bond acceptors (Lipinski definition) is 5. The summed E-state index contributed by atoms with van der Waals surface area (Å²) in [4.78, 5) is 58.4. The Morgan fingerprint density at radius 1 is 1.00 bits per heavy atom. The van der Waals surface area contributed by atoms with Gasteiger partial charge in [-0.15, -0.1) is 0 Å². The van der Waals surface area contributed by atoms with E-state index in [0.29, 0.717) is 29.0 Å². The summed E-state index contributed by atoms with van der Waals surface area (Å²) < 4.78 is 0. The third kappa shape index (κ3) is 3.65. The zero-order valence-electron chi connectivity index (χ0n) is 22.7. The highest BCUT2D eigenvalue weighted by atomic mass is 16.2. The number of H-pyrrole nitrogens is 1. The number of aromatic amines is 1. The third-order valence-electron chi connectivity index (χ3n) is 8.75. The van der Waals surface area contributed by atoms with E-state index in [0.717, 1.165) is 28.5 Å². The lowest BCUT2D eigenvalue weighted by atomic mass is 9.76. The van der Waals surface area contributed by atoms with E-state index in [2.05, 4.69) is 20.9 Å². The Morgan fingerprint density at radius 2 is 1.78 bits per heavy atom. The van der Waals surface area contributed by atoms with Gasteiger partial charge in [0.2, 0.25) is 23.6 Å². The SMILES string of the molecule is CCc1ccc2c(c1)[C@]1(N[C@H](Cc3c[nH]c4ccccc34)[C@@H]3C(=O)N(c4ccc(NC(C)=O)cc4)C(=O)[C@H]31)C(=O)N2. The summed E-state index contributed by atoms with van der Waals surface area (Å²) in [6.45, 7) is 3.46. The number of amides is 4. The topological polar surface area (TPSA) is 123 Å². The molecule has 3 aliphatic heterocycles. The third-order valence-corrected chi connectivity index (χ3v) is 8.75. The van der Waals surface area contributed by atoms with Gasteiger partial charge in [-0.25, -0.2) is 4.90 Å².